The second-order valence-electron chi connectivity index (χ2n) is 8.62. The van der Waals surface area contributed by atoms with Crippen molar-refractivity contribution < 1.29 is 44.3 Å². The largest absolute Gasteiger partial charge is 0.487 e. The Morgan fingerprint density at radius 3 is 2.43 bits per heavy atom. The SMILES string of the molecule is NC(=O)c1c(Nc2cccc(C(F)(F)F)n2)n[nH]c1-c1ccc(NS(=O)(=O)CC(F)F)c(OCc2ccc(F)cc2)c1. The van der Waals surface area contributed by atoms with Crippen molar-refractivity contribution in [1.29, 1.82) is 0 Å². The third-order valence-corrected chi connectivity index (χ3v) is 6.71. The molecule has 2 aromatic carbocycles. The van der Waals surface area contributed by atoms with Crippen molar-refractivity contribution in [2.24, 2.45) is 5.73 Å². The molecule has 0 bridgehead atoms. The maximum Gasteiger partial charge on any atom is 0.433 e. The molecule has 0 radical (unpaired) electrons. The van der Waals surface area contributed by atoms with Crippen LogP contribution >= 0.6 is 0 Å². The fraction of sp³-hybridized carbons (Fsp3) is 0.160. The van der Waals surface area contributed by atoms with Gasteiger partial charge in [0.05, 0.1) is 11.4 Å². The number of aromatic amines is 1. The molecule has 0 saturated carbocycles. The minimum Gasteiger partial charge on any atom is -0.487 e. The van der Waals surface area contributed by atoms with E-state index >= 15 is 0 Å². The van der Waals surface area contributed by atoms with Crippen LogP contribution in [0.3, 0.4) is 0 Å². The van der Waals surface area contributed by atoms with Gasteiger partial charge >= 0.3 is 6.18 Å². The molecule has 0 aliphatic carbocycles. The van der Waals surface area contributed by atoms with Crippen LogP contribution in [0.5, 0.6) is 5.75 Å². The van der Waals surface area contributed by atoms with Crippen molar-refractivity contribution in [3.63, 3.8) is 0 Å². The van der Waals surface area contributed by atoms with E-state index in [4.69, 9.17) is 10.5 Å². The molecule has 42 heavy (non-hydrogen) atoms. The van der Waals surface area contributed by atoms with Crippen LogP contribution in [0, 0.1) is 5.82 Å². The third-order valence-electron chi connectivity index (χ3n) is 5.49. The highest BCUT2D eigenvalue weighted by Crippen LogP contribution is 2.35. The maximum atomic E-state index is 13.3. The van der Waals surface area contributed by atoms with Gasteiger partial charge in [-0.3, -0.25) is 14.6 Å². The van der Waals surface area contributed by atoms with Gasteiger partial charge in [-0.05, 0) is 42.0 Å². The fourth-order valence-corrected chi connectivity index (χ4v) is 4.58. The summed E-state index contributed by atoms with van der Waals surface area (Å²) in [6.45, 7) is -0.201. The Labute approximate surface area is 234 Å². The normalized spacial score (nSPS) is 11.9. The van der Waals surface area contributed by atoms with Gasteiger partial charge in [-0.15, -0.1) is 0 Å². The number of benzene rings is 2. The standard InChI is InChI=1S/C25H20F6N6O4S/c26-15-7-4-13(5-8-15)11-41-17-10-14(6-9-16(17)37-42(39,40)12-19(27)28)22-21(23(32)38)24(36-35-22)34-20-3-1-2-18(33-20)25(29,30)31/h1-10,19,37H,11-12H2,(H2,32,38)(H2,33,34,35,36). The highest BCUT2D eigenvalue weighted by molar-refractivity contribution is 7.92. The van der Waals surface area contributed by atoms with E-state index in [1.807, 2.05) is 4.72 Å². The number of anilines is 3. The first kappa shape index (κ1) is 30.2. The van der Waals surface area contributed by atoms with Crippen LogP contribution in [0.15, 0.2) is 60.7 Å². The van der Waals surface area contributed by atoms with Gasteiger partial charge < -0.3 is 15.8 Å². The van der Waals surface area contributed by atoms with Crippen molar-refractivity contribution in [3.8, 4) is 17.0 Å². The summed E-state index contributed by atoms with van der Waals surface area (Å²) in [5.74, 6) is -3.77. The lowest BCUT2D eigenvalue weighted by Gasteiger charge is -2.15. The van der Waals surface area contributed by atoms with E-state index < -0.39 is 45.8 Å². The van der Waals surface area contributed by atoms with E-state index in [2.05, 4.69) is 20.5 Å². The predicted octanol–water partition coefficient (Wildman–Crippen LogP) is 5.06. The van der Waals surface area contributed by atoms with Crippen LogP contribution in [0.4, 0.5) is 43.7 Å². The van der Waals surface area contributed by atoms with E-state index in [9.17, 15) is 39.6 Å². The fourth-order valence-electron chi connectivity index (χ4n) is 3.66. The summed E-state index contributed by atoms with van der Waals surface area (Å²) in [5, 5.41) is 8.96. The number of ether oxygens (including phenoxy) is 1. The van der Waals surface area contributed by atoms with Crippen molar-refractivity contribution in [1.82, 2.24) is 15.2 Å². The molecule has 4 aromatic rings. The Morgan fingerprint density at radius 2 is 1.79 bits per heavy atom. The molecule has 0 spiro atoms. The molecular weight excluding hydrogens is 594 g/mol. The quantitative estimate of drug-likeness (QED) is 0.172. The lowest BCUT2D eigenvalue weighted by molar-refractivity contribution is -0.141. The van der Waals surface area contributed by atoms with Crippen molar-refractivity contribution >= 4 is 33.3 Å². The number of nitrogens with one attached hydrogen (secondary N) is 3. The van der Waals surface area contributed by atoms with Crippen LogP contribution in [0.2, 0.25) is 0 Å². The van der Waals surface area contributed by atoms with Crippen molar-refractivity contribution in [3.05, 3.63) is 83.3 Å². The van der Waals surface area contributed by atoms with Gasteiger partial charge in [0.15, 0.2) is 5.82 Å². The van der Waals surface area contributed by atoms with Gasteiger partial charge in [-0.25, -0.2) is 26.6 Å². The molecule has 0 atom stereocenters. The van der Waals surface area contributed by atoms with Crippen LogP contribution in [0.1, 0.15) is 21.6 Å². The van der Waals surface area contributed by atoms with Crippen LogP contribution in [0.25, 0.3) is 11.3 Å². The van der Waals surface area contributed by atoms with Crippen molar-refractivity contribution in [2.75, 3.05) is 15.8 Å². The van der Waals surface area contributed by atoms with Crippen molar-refractivity contribution in [2.45, 2.75) is 19.2 Å². The van der Waals surface area contributed by atoms with E-state index in [0.29, 0.717) is 5.56 Å². The number of rotatable bonds is 11. The molecule has 0 aliphatic heterocycles. The lowest BCUT2D eigenvalue weighted by Crippen LogP contribution is -2.21. The minimum atomic E-state index is -4.73. The number of aromatic nitrogens is 3. The second kappa shape index (κ2) is 12.0. The first-order valence-electron chi connectivity index (χ1n) is 11.7. The molecule has 1 amide bonds. The first-order valence-corrected chi connectivity index (χ1v) is 13.4. The zero-order chi connectivity index (χ0) is 30.7. The number of halogens is 6. The summed E-state index contributed by atoms with van der Waals surface area (Å²) in [7, 11) is -4.51. The van der Waals surface area contributed by atoms with Crippen LogP contribution in [-0.2, 0) is 22.8 Å². The van der Waals surface area contributed by atoms with Gasteiger partial charge in [0, 0.05) is 5.56 Å². The molecule has 222 valence electrons. The summed E-state index contributed by atoms with van der Waals surface area (Å²) in [4.78, 5) is 15.8. The molecular formula is C25H20F6N6O4S. The molecule has 0 fully saturated rings. The number of pyridine rings is 1. The molecule has 4 rings (SSSR count). The molecule has 2 aromatic heterocycles. The van der Waals surface area contributed by atoms with E-state index in [0.717, 1.165) is 12.1 Å². The van der Waals surface area contributed by atoms with Gasteiger partial charge in [-0.1, -0.05) is 24.3 Å². The summed E-state index contributed by atoms with van der Waals surface area (Å²) in [5.41, 5.74) is 4.40. The zero-order valence-corrected chi connectivity index (χ0v) is 21.9. The average Bonchev–Trinajstić information content (AvgIpc) is 3.31. The van der Waals surface area contributed by atoms with Gasteiger partial charge in [0.25, 0.3) is 12.3 Å². The molecule has 10 nitrogen and oxygen atoms in total. The Morgan fingerprint density at radius 1 is 1.07 bits per heavy atom. The lowest BCUT2D eigenvalue weighted by atomic mass is 10.1. The van der Waals surface area contributed by atoms with E-state index in [-0.39, 0.29) is 46.5 Å². The molecule has 17 heteroatoms. The summed E-state index contributed by atoms with van der Waals surface area (Å²) >= 11 is 0. The van der Waals surface area contributed by atoms with E-state index in [1.54, 1.807) is 0 Å². The topological polar surface area (TPSA) is 152 Å². The van der Waals surface area contributed by atoms with Gasteiger partial charge in [-0.2, -0.15) is 18.3 Å². The Hall–Kier alpha value is -4.80. The number of carbonyl (C=O) groups excluding carboxylic acids is 1. The minimum absolute atomic E-state index is 0.0365. The maximum absolute atomic E-state index is 13.3. The number of carbonyl (C=O) groups is 1. The number of hydrogen-bond donors (Lipinski definition) is 4. The first-order chi connectivity index (χ1) is 19.7. The second-order valence-corrected chi connectivity index (χ2v) is 10.4. The van der Waals surface area contributed by atoms with Gasteiger partial charge in [0.1, 0.15) is 41.0 Å². The number of H-pyrrole nitrogens is 1. The summed E-state index contributed by atoms with van der Waals surface area (Å²) < 4.78 is 110. The molecule has 2 heterocycles. The number of nitrogens with zero attached hydrogens (tertiary/aromatic N) is 2. The number of primary amides is 1. The molecule has 0 aliphatic rings. The van der Waals surface area contributed by atoms with Crippen LogP contribution in [-0.4, -0.2) is 41.7 Å². The number of nitrogens with two attached hydrogens (primary N) is 1. The highest BCUT2D eigenvalue weighted by atomic mass is 32.2. The highest BCUT2D eigenvalue weighted by Gasteiger charge is 2.32. The Balaban J connectivity index is 1.71. The number of sulfonamides is 1. The average molecular weight is 615 g/mol. The number of amides is 1. The molecule has 5 N–H and O–H groups in total. The summed E-state index contributed by atoms with van der Waals surface area (Å²) in [6.07, 6.45) is -7.89. The smallest absolute Gasteiger partial charge is 0.433 e. The molecule has 0 unspecified atom stereocenters. The van der Waals surface area contributed by atoms with Crippen LogP contribution < -0.4 is 20.5 Å². The van der Waals surface area contributed by atoms with E-state index in [1.165, 1.54) is 48.5 Å². The number of hydrogen-bond acceptors (Lipinski definition) is 7. The Bertz CT molecular complexity index is 1690. The third kappa shape index (κ3) is 7.48. The Kier molecular flexibility index (Phi) is 8.60. The monoisotopic (exact) mass is 614 g/mol. The number of alkyl halides is 5. The van der Waals surface area contributed by atoms with Gasteiger partial charge in [0.2, 0.25) is 10.0 Å². The molecule has 0 saturated heterocycles. The zero-order valence-electron chi connectivity index (χ0n) is 21.0. The summed E-state index contributed by atoms with van der Waals surface area (Å²) in [6, 6.07) is 11.9. The predicted molar refractivity (Wildman–Crippen MR) is 139 cm³/mol.